The number of nitrogens with one attached hydrogen (secondary N) is 1. The summed E-state index contributed by atoms with van der Waals surface area (Å²) in [5.74, 6) is 1.71. The van der Waals surface area contributed by atoms with Crippen LogP contribution in [0.4, 0.5) is 4.79 Å². The van der Waals surface area contributed by atoms with Gasteiger partial charge >= 0.3 is 6.03 Å². The number of carbonyl (C=O) groups is 1. The Morgan fingerprint density at radius 3 is 2.45 bits per heavy atom. The minimum atomic E-state index is -0.109. The second-order valence-electron chi connectivity index (χ2n) is 7.05. The van der Waals surface area contributed by atoms with Crippen LogP contribution in [0.15, 0.2) is 48.5 Å². The molecule has 7 heteroatoms. The van der Waals surface area contributed by atoms with E-state index in [1.54, 1.807) is 12.0 Å². The first-order valence-corrected chi connectivity index (χ1v) is 9.60. The van der Waals surface area contributed by atoms with E-state index < -0.39 is 0 Å². The van der Waals surface area contributed by atoms with Gasteiger partial charge in [0.05, 0.1) is 7.11 Å². The van der Waals surface area contributed by atoms with Crippen LogP contribution in [-0.2, 0) is 13.2 Å². The zero-order valence-electron chi connectivity index (χ0n) is 17.4. The smallest absolute Gasteiger partial charge is 0.317 e. The number of methoxy groups -OCH3 is 1. The molecule has 0 aliphatic rings. The largest absolute Gasteiger partial charge is 0.493 e. The number of hydrogen-bond donors (Lipinski definition) is 2. The van der Waals surface area contributed by atoms with E-state index in [0.717, 1.165) is 11.1 Å². The van der Waals surface area contributed by atoms with Crippen molar-refractivity contribution in [3.05, 3.63) is 59.7 Å². The van der Waals surface area contributed by atoms with Gasteiger partial charge in [-0.25, -0.2) is 4.79 Å². The van der Waals surface area contributed by atoms with Crippen LogP contribution in [0.1, 0.15) is 25.0 Å². The Kier molecular flexibility index (Phi) is 10.9. The van der Waals surface area contributed by atoms with E-state index in [9.17, 15) is 4.79 Å². The molecule has 0 unspecified atom stereocenters. The number of urea groups is 1. The summed E-state index contributed by atoms with van der Waals surface area (Å²) in [6, 6.07) is 15.6. The number of hydrogen-bond acceptors (Lipinski definition) is 4. The molecule has 3 N–H and O–H groups in total. The lowest BCUT2D eigenvalue weighted by Crippen LogP contribution is -2.43. The molecule has 0 aliphatic carbocycles. The van der Waals surface area contributed by atoms with Gasteiger partial charge in [-0.2, -0.15) is 0 Å². The number of benzene rings is 2. The van der Waals surface area contributed by atoms with Gasteiger partial charge in [-0.1, -0.05) is 50.2 Å². The Bertz CT molecular complexity index is 741. The molecule has 0 saturated heterocycles. The predicted molar refractivity (Wildman–Crippen MR) is 119 cm³/mol. The van der Waals surface area contributed by atoms with Gasteiger partial charge in [0.2, 0.25) is 0 Å². The normalized spacial score (nSPS) is 10.2. The van der Waals surface area contributed by atoms with Crippen molar-refractivity contribution in [3.8, 4) is 11.5 Å². The maximum atomic E-state index is 12.4. The number of nitrogens with two attached hydrogens (primary N) is 1. The summed E-state index contributed by atoms with van der Waals surface area (Å²) in [6.07, 6.45) is 0. The topological polar surface area (TPSA) is 76.8 Å². The number of nitrogens with zero attached hydrogens (tertiary/aromatic N) is 1. The zero-order valence-corrected chi connectivity index (χ0v) is 18.2. The minimum absolute atomic E-state index is 0. The summed E-state index contributed by atoms with van der Waals surface area (Å²) in [5, 5.41) is 2.94. The molecular formula is C22H32ClN3O3. The molecule has 29 heavy (non-hydrogen) atoms. The highest BCUT2D eigenvalue weighted by Gasteiger charge is 2.15. The number of carbonyl (C=O) groups excluding carboxylic acids is 1. The molecule has 0 aliphatic heterocycles. The molecule has 2 aromatic carbocycles. The van der Waals surface area contributed by atoms with Crippen LogP contribution in [0.3, 0.4) is 0 Å². The van der Waals surface area contributed by atoms with Crippen LogP contribution in [0.2, 0.25) is 0 Å². The van der Waals surface area contributed by atoms with E-state index in [-0.39, 0.29) is 18.4 Å². The summed E-state index contributed by atoms with van der Waals surface area (Å²) in [4.78, 5) is 14.1. The molecule has 0 spiro atoms. The van der Waals surface area contributed by atoms with Crippen LogP contribution in [0, 0.1) is 5.92 Å². The van der Waals surface area contributed by atoms with E-state index >= 15 is 0 Å². The van der Waals surface area contributed by atoms with Crippen molar-refractivity contribution in [2.75, 3.05) is 26.7 Å². The summed E-state index contributed by atoms with van der Waals surface area (Å²) < 4.78 is 11.4. The number of ether oxygens (including phenoxy) is 2. The molecule has 0 bridgehead atoms. The standard InChI is InChI=1S/C22H31N3O3.ClH/c1-17(2)14-24-22(26)25(12-11-23)15-19-9-10-20(21(13-19)27-3)28-16-18-7-5-4-6-8-18;/h4-10,13,17H,11-12,14-16,23H2,1-3H3,(H,24,26);1H. The lowest BCUT2D eigenvalue weighted by atomic mass is 10.2. The quantitative estimate of drug-likeness (QED) is 0.611. The lowest BCUT2D eigenvalue weighted by Gasteiger charge is -2.23. The molecule has 160 valence electrons. The van der Waals surface area contributed by atoms with Crippen LogP contribution in [-0.4, -0.2) is 37.7 Å². The molecule has 0 saturated carbocycles. The second kappa shape index (κ2) is 12.9. The SMILES string of the molecule is COc1cc(CN(CCN)C(=O)NCC(C)C)ccc1OCc1ccccc1.Cl. The molecule has 0 radical (unpaired) electrons. The maximum Gasteiger partial charge on any atom is 0.317 e. The molecule has 2 rings (SSSR count). The third kappa shape index (κ3) is 8.21. The van der Waals surface area contributed by atoms with Crippen molar-refractivity contribution in [2.24, 2.45) is 11.7 Å². The average Bonchev–Trinajstić information content (AvgIpc) is 2.71. The molecule has 0 atom stereocenters. The third-order valence-corrected chi connectivity index (χ3v) is 4.19. The molecule has 0 fully saturated rings. The molecule has 0 aromatic heterocycles. The van der Waals surface area contributed by atoms with Crippen molar-refractivity contribution in [3.63, 3.8) is 0 Å². The second-order valence-corrected chi connectivity index (χ2v) is 7.05. The Morgan fingerprint density at radius 2 is 1.83 bits per heavy atom. The molecule has 0 heterocycles. The summed E-state index contributed by atoms with van der Waals surface area (Å²) >= 11 is 0. The summed E-state index contributed by atoms with van der Waals surface area (Å²) in [7, 11) is 1.61. The average molecular weight is 422 g/mol. The van der Waals surface area contributed by atoms with E-state index in [1.165, 1.54) is 0 Å². The van der Waals surface area contributed by atoms with E-state index in [0.29, 0.717) is 50.2 Å². The first kappa shape index (κ1) is 24.6. The predicted octanol–water partition coefficient (Wildman–Crippen LogP) is 3.82. The number of halogens is 1. The maximum absolute atomic E-state index is 12.4. The first-order valence-electron chi connectivity index (χ1n) is 9.60. The fourth-order valence-electron chi connectivity index (χ4n) is 2.70. The summed E-state index contributed by atoms with van der Waals surface area (Å²) in [6.45, 7) is 6.57. The molecular weight excluding hydrogens is 390 g/mol. The van der Waals surface area contributed by atoms with Gasteiger partial charge in [0.15, 0.2) is 11.5 Å². The van der Waals surface area contributed by atoms with Crippen LogP contribution >= 0.6 is 12.4 Å². The first-order chi connectivity index (χ1) is 13.5. The monoisotopic (exact) mass is 421 g/mol. The highest BCUT2D eigenvalue weighted by Crippen LogP contribution is 2.29. The highest BCUT2D eigenvalue weighted by molar-refractivity contribution is 5.85. The van der Waals surface area contributed by atoms with Gasteiger partial charge in [-0.15, -0.1) is 12.4 Å². The van der Waals surface area contributed by atoms with Crippen molar-refractivity contribution < 1.29 is 14.3 Å². The van der Waals surface area contributed by atoms with Gasteiger partial charge in [0.25, 0.3) is 0 Å². The Balaban J connectivity index is 0.00000420. The van der Waals surface area contributed by atoms with E-state index in [1.807, 2.05) is 48.5 Å². The fourth-order valence-corrected chi connectivity index (χ4v) is 2.70. The molecule has 2 amide bonds. The van der Waals surface area contributed by atoms with Crippen LogP contribution in [0.5, 0.6) is 11.5 Å². The number of amides is 2. The number of rotatable bonds is 10. The van der Waals surface area contributed by atoms with Gasteiger partial charge in [0.1, 0.15) is 6.61 Å². The summed E-state index contributed by atoms with van der Waals surface area (Å²) in [5.41, 5.74) is 7.73. The van der Waals surface area contributed by atoms with Gasteiger partial charge in [-0.05, 0) is 29.2 Å². The van der Waals surface area contributed by atoms with Crippen molar-refractivity contribution >= 4 is 18.4 Å². The fraction of sp³-hybridized carbons (Fsp3) is 0.409. The Morgan fingerprint density at radius 1 is 1.10 bits per heavy atom. The van der Waals surface area contributed by atoms with Crippen molar-refractivity contribution in [1.29, 1.82) is 0 Å². The third-order valence-electron chi connectivity index (χ3n) is 4.19. The zero-order chi connectivity index (χ0) is 20.4. The van der Waals surface area contributed by atoms with Crippen molar-refractivity contribution in [2.45, 2.75) is 27.0 Å². The van der Waals surface area contributed by atoms with E-state index in [4.69, 9.17) is 15.2 Å². The Labute approximate surface area is 179 Å². The van der Waals surface area contributed by atoms with Gasteiger partial charge in [-0.3, -0.25) is 0 Å². The van der Waals surface area contributed by atoms with Crippen LogP contribution < -0.4 is 20.5 Å². The Hall–Kier alpha value is -2.44. The van der Waals surface area contributed by atoms with Crippen LogP contribution in [0.25, 0.3) is 0 Å². The highest BCUT2D eigenvalue weighted by atomic mass is 35.5. The lowest BCUT2D eigenvalue weighted by molar-refractivity contribution is 0.195. The van der Waals surface area contributed by atoms with E-state index in [2.05, 4.69) is 19.2 Å². The van der Waals surface area contributed by atoms with Gasteiger partial charge < -0.3 is 25.4 Å². The minimum Gasteiger partial charge on any atom is -0.493 e. The van der Waals surface area contributed by atoms with Gasteiger partial charge in [0, 0.05) is 26.2 Å². The van der Waals surface area contributed by atoms with Crippen molar-refractivity contribution in [1.82, 2.24) is 10.2 Å². The molecule has 2 aromatic rings. The molecule has 6 nitrogen and oxygen atoms in total.